The lowest BCUT2D eigenvalue weighted by Crippen LogP contribution is -2.29. The first-order chi connectivity index (χ1) is 17.7. The molecule has 9 nitrogen and oxygen atoms in total. The minimum absolute atomic E-state index is 0.0793. The molecular formula is C25H24N8OS2. The van der Waals surface area contributed by atoms with Crippen LogP contribution in [0.25, 0.3) is 27.0 Å². The van der Waals surface area contributed by atoms with Crippen LogP contribution in [0.2, 0.25) is 0 Å². The summed E-state index contributed by atoms with van der Waals surface area (Å²) < 4.78 is 5.17. The van der Waals surface area contributed by atoms with Crippen LogP contribution in [-0.2, 0) is 4.79 Å². The molecule has 1 aliphatic carbocycles. The third-order valence-corrected chi connectivity index (χ3v) is 8.62. The van der Waals surface area contributed by atoms with E-state index in [4.69, 9.17) is 0 Å². The van der Waals surface area contributed by atoms with Crippen LogP contribution in [0.1, 0.15) is 31.7 Å². The van der Waals surface area contributed by atoms with E-state index in [2.05, 4.69) is 60.1 Å². The maximum absolute atomic E-state index is 12.1. The Morgan fingerprint density at radius 2 is 1.94 bits per heavy atom. The molecule has 1 saturated heterocycles. The summed E-state index contributed by atoms with van der Waals surface area (Å²) >= 11 is 3.06. The normalized spacial score (nSPS) is 16.7. The van der Waals surface area contributed by atoms with E-state index in [9.17, 15) is 4.79 Å². The molecule has 0 atom stereocenters. The number of rotatable bonds is 6. The molecule has 5 heterocycles. The van der Waals surface area contributed by atoms with Crippen LogP contribution in [0.4, 0.5) is 5.13 Å². The van der Waals surface area contributed by atoms with E-state index in [0.717, 1.165) is 75.8 Å². The second-order valence-corrected chi connectivity index (χ2v) is 11.4. The zero-order valence-corrected chi connectivity index (χ0v) is 21.1. The summed E-state index contributed by atoms with van der Waals surface area (Å²) in [4.78, 5) is 17.7. The quantitative estimate of drug-likeness (QED) is 0.339. The van der Waals surface area contributed by atoms with Crippen molar-refractivity contribution >= 4 is 50.0 Å². The Morgan fingerprint density at radius 1 is 1.06 bits per heavy atom. The van der Waals surface area contributed by atoms with Crippen molar-refractivity contribution in [3.8, 4) is 11.1 Å². The highest BCUT2D eigenvalue weighted by Crippen LogP contribution is 2.35. The molecule has 5 aromatic rings. The maximum Gasteiger partial charge on any atom is 0.229 e. The van der Waals surface area contributed by atoms with Gasteiger partial charge in [-0.2, -0.15) is 5.10 Å². The number of piperidine rings is 1. The summed E-state index contributed by atoms with van der Waals surface area (Å²) in [5.41, 5.74) is 3.86. The summed E-state index contributed by atoms with van der Waals surface area (Å²) in [5, 5.41) is 21.3. The molecule has 7 rings (SSSR count). The molecule has 1 saturated carbocycles. The number of pyridine rings is 1. The largest absolute Gasteiger partial charge is 0.317 e. The number of thiazole rings is 1. The molecule has 1 aromatic carbocycles. The lowest BCUT2D eigenvalue weighted by molar-refractivity contribution is -0.117. The Hall–Kier alpha value is -3.28. The Balaban J connectivity index is 1.13. The number of carbonyl (C=O) groups is 1. The molecule has 36 heavy (non-hydrogen) atoms. The van der Waals surface area contributed by atoms with Crippen LogP contribution in [0.5, 0.6) is 0 Å². The standard InChI is InChI=1S/C25H24N8OS2/c34-23(15-1-2-15)29-24-28-20-5-4-19(11-21(20)36-24)35-25-31-30-22-6-3-16(13-32(22)25)17-12-27-33(14-17)18-7-9-26-10-8-18/h3-6,11-15,18,26H,1-2,7-10H2,(H,28,29,34). The second-order valence-electron chi connectivity index (χ2n) is 9.33. The van der Waals surface area contributed by atoms with E-state index in [0.29, 0.717) is 11.2 Å². The van der Waals surface area contributed by atoms with Gasteiger partial charge in [0, 0.05) is 34.3 Å². The van der Waals surface area contributed by atoms with E-state index in [1.807, 2.05) is 28.8 Å². The third-order valence-electron chi connectivity index (χ3n) is 6.74. The van der Waals surface area contributed by atoms with Gasteiger partial charge in [-0.25, -0.2) is 4.98 Å². The fourth-order valence-electron chi connectivity index (χ4n) is 4.55. The predicted octanol–water partition coefficient (Wildman–Crippen LogP) is 4.63. The highest BCUT2D eigenvalue weighted by atomic mass is 32.2. The highest BCUT2D eigenvalue weighted by Gasteiger charge is 2.30. The SMILES string of the molecule is O=C(Nc1nc2ccc(Sc3nnc4ccc(-c5cnn(C6CCNCC6)c5)cn34)cc2s1)C1CC1. The molecule has 0 bridgehead atoms. The zero-order valence-electron chi connectivity index (χ0n) is 19.4. The molecule has 1 aliphatic heterocycles. The van der Waals surface area contributed by atoms with Gasteiger partial charge in [0.05, 0.1) is 22.5 Å². The molecule has 11 heteroatoms. The molecule has 4 aromatic heterocycles. The number of hydrogen-bond acceptors (Lipinski definition) is 8. The van der Waals surface area contributed by atoms with E-state index in [1.54, 1.807) is 11.8 Å². The summed E-state index contributed by atoms with van der Waals surface area (Å²) in [6.45, 7) is 2.08. The van der Waals surface area contributed by atoms with E-state index >= 15 is 0 Å². The maximum atomic E-state index is 12.1. The monoisotopic (exact) mass is 516 g/mol. The van der Waals surface area contributed by atoms with Crippen LogP contribution in [-0.4, -0.2) is 48.4 Å². The van der Waals surface area contributed by atoms with Crippen molar-refractivity contribution < 1.29 is 4.79 Å². The number of aromatic nitrogens is 6. The molecular weight excluding hydrogens is 492 g/mol. The van der Waals surface area contributed by atoms with Crippen LogP contribution >= 0.6 is 23.1 Å². The molecule has 0 spiro atoms. The number of fused-ring (bicyclic) bond motifs is 2. The fourth-order valence-corrected chi connectivity index (χ4v) is 6.38. The summed E-state index contributed by atoms with van der Waals surface area (Å²) in [7, 11) is 0. The van der Waals surface area contributed by atoms with Gasteiger partial charge in [0.25, 0.3) is 0 Å². The first-order valence-corrected chi connectivity index (χ1v) is 13.8. The molecule has 2 fully saturated rings. The summed E-state index contributed by atoms with van der Waals surface area (Å²) in [6, 6.07) is 10.6. The topological polar surface area (TPSA) is 102 Å². The average molecular weight is 517 g/mol. The zero-order chi connectivity index (χ0) is 24.1. The van der Waals surface area contributed by atoms with Crippen molar-refractivity contribution in [2.75, 3.05) is 18.4 Å². The van der Waals surface area contributed by atoms with Crippen molar-refractivity contribution in [1.29, 1.82) is 0 Å². The Bertz CT molecular complexity index is 1580. The average Bonchev–Trinajstić information content (AvgIpc) is 3.31. The Labute approximate surface area is 215 Å². The number of nitrogens with one attached hydrogen (secondary N) is 2. The van der Waals surface area contributed by atoms with E-state index in [-0.39, 0.29) is 11.8 Å². The third kappa shape index (κ3) is 4.27. The Kier molecular flexibility index (Phi) is 5.48. The van der Waals surface area contributed by atoms with E-state index < -0.39 is 0 Å². The van der Waals surface area contributed by atoms with Crippen LogP contribution in [0.15, 0.2) is 59.0 Å². The molecule has 2 aliphatic rings. The van der Waals surface area contributed by atoms with Gasteiger partial charge in [-0.05, 0) is 80.9 Å². The number of nitrogens with zero attached hydrogens (tertiary/aromatic N) is 6. The van der Waals surface area contributed by atoms with Crippen molar-refractivity contribution in [3.05, 3.63) is 48.9 Å². The highest BCUT2D eigenvalue weighted by molar-refractivity contribution is 7.99. The van der Waals surface area contributed by atoms with Gasteiger partial charge >= 0.3 is 0 Å². The number of hydrogen-bond donors (Lipinski definition) is 2. The van der Waals surface area contributed by atoms with Gasteiger partial charge in [0.15, 0.2) is 15.9 Å². The van der Waals surface area contributed by atoms with Crippen molar-refractivity contribution in [2.24, 2.45) is 5.92 Å². The molecule has 182 valence electrons. The van der Waals surface area contributed by atoms with E-state index in [1.165, 1.54) is 11.3 Å². The van der Waals surface area contributed by atoms with Gasteiger partial charge in [-0.15, -0.1) is 10.2 Å². The van der Waals surface area contributed by atoms with Crippen LogP contribution < -0.4 is 10.6 Å². The van der Waals surface area contributed by atoms with Crippen molar-refractivity contribution in [2.45, 2.75) is 41.8 Å². The number of carbonyl (C=O) groups excluding carboxylic acids is 1. The van der Waals surface area contributed by atoms with Gasteiger partial charge in [-0.3, -0.25) is 13.9 Å². The number of amides is 1. The predicted molar refractivity (Wildman–Crippen MR) is 140 cm³/mol. The van der Waals surface area contributed by atoms with Crippen molar-refractivity contribution in [3.63, 3.8) is 0 Å². The minimum atomic E-state index is 0.0793. The minimum Gasteiger partial charge on any atom is -0.317 e. The molecule has 0 radical (unpaired) electrons. The van der Waals surface area contributed by atoms with Crippen LogP contribution in [0.3, 0.4) is 0 Å². The number of benzene rings is 1. The summed E-state index contributed by atoms with van der Waals surface area (Å²) in [6.07, 6.45) is 10.3. The first kappa shape index (κ1) is 22.0. The molecule has 1 amide bonds. The lowest BCUT2D eigenvalue weighted by Gasteiger charge is -2.22. The van der Waals surface area contributed by atoms with Crippen molar-refractivity contribution in [1.82, 2.24) is 34.7 Å². The smallest absolute Gasteiger partial charge is 0.229 e. The van der Waals surface area contributed by atoms with Gasteiger partial charge in [-0.1, -0.05) is 11.3 Å². The summed E-state index contributed by atoms with van der Waals surface area (Å²) in [5.74, 6) is 0.240. The van der Waals surface area contributed by atoms with Gasteiger partial charge < -0.3 is 10.6 Å². The van der Waals surface area contributed by atoms with Gasteiger partial charge in [0.1, 0.15) is 0 Å². The fraction of sp³-hybridized carbons (Fsp3) is 0.320. The second kappa shape index (κ2) is 8.99. The lowest BCUT2D eigenvalue weighted by atomic mass is 10.1. The first-order valence-electron chi connectivity index (χ1n) is 12.2. The molecule has 0 unspecified atom stereocenters. The van der Waals surface area contributed by atoms with Crippen LogP contribution in [0, 0.1) is 5.92 Å². The molecule has 2 N–H and O–H groups in total. The number of anilines is 1. The van der Waals surface area contributed by atoms with Gasteiger partial charge in [0.2, 0.25) is 5.91 Å². The Morgan fingerprint density at radius 3 is 2.81 bits per heavy atom.